The molecule has 1 N–H and O–H groups in total. The molecule has 0 radical (unpaired) electrons. The second-order valence-corrected chi connectivity index (χ2v) is 10.0. The molecule has 9 heteroatoms. The Labute approximate surface area is 196 Å². The highest BCUT2D eigenvalue weighted by Crippen LogP contribution is 2.24. The van der Waals surface area contributed by atoms with Crippen molar-refractivity contribution in [2.45, 2.75) is 37.6 Å². The Morgan fingerprint density at radius 1 is 0.909 bits per heavy atom. The third-order valence-corrected chi connectivity index (χ3v) is 7.52. The van der Waals surface area contributed by atoms with Gasteiger partial charge in [-0.15, -0.1) is 0 Å². The number of imidazole rings is 1. The van der Waals surface area contributed by atoms with Gasteiger partial charge >= 0.3 is 0 Å². The number of nitrogens with one attached hydrogen (secondary N) is 1. The lowest BCUT2D eigenvalue weighted by atomic mass is 10.1. The standard InChI is InChI=1S/C24H23N5O2S2/c1-2-16-29-21-8-4-3-6-19(21)25-23(29)15-12-17-10-13-18(14-11-17)28-33(30,31)22-9-5-7-20-24(22)27-32-26-20/h3-11,13-14,28H,2,12,15-16H2,1H3. The zero-order chi connectivity index (χ0) is 22.8. The van der Waals surface area contributed by atoms with E-state index in [1.165, 1.54) is 5.52 Å². The van der Waals surface area contributed by atoms with E-state index in [1.54, 1.807) is 30.3 Å². The van der Waals surface area contributed by atoms with Gasteiger partial charge in [-0.2, -0.15) is 8.75 Å². The molecule has 0 saturated carbocycles. The highest BCUT2D eigenvalue weighted by Gasteiger charge is 2.19. The molecule has 0 saturated heterocycles. The molecule has 2 aromatic heterocycles. The van der Waals surface area contributed by atoms with E-state index < -0.39 is 10.0 Å². The van der Waals surface area contributed by atoms with Gasteiger partial charge in [0.15, 0.2) is 0 Å². The Kier molecular flexibility index (Phi) is 5.82. The minimum Gasteiger partial charge on any atom is -0.328 e. The first kappa shape index (κ1) is 21.5. The fourth-order valence-electron chi connectivity index (χ4n) is 3.99. The number of benzene rings is 3. The lowest BCUT2D eigenvalue weighted by Gasteiger charge is -2.10. The lowest BCUT2D eigenvalue weighted by Crippen LogP contribution is -2.13. The minimum atomic E-state index is -3.76. The van der Waals surface area contributed by atoms with Crippen LogP contribution in [-0.4, -0.2) is 26.7 Å². The van der Waals surface area contributed by atoms with Crippen LogP contribution in [0.25, 0.3) is 22.1 Å². The molecule has 0 spiro atoms. The molecular formula is C24H23N5O2S2. The quantitative estimate of drug-likeness (QED) is 0.338. The topological polar surface area (TPSA) is 89.8 Å². The number of aryl methyl sites for hydroxylation is 3. The van der Waals surface area contributed by atoms with Gasteiger partial charge < -0.3 is 4.57 Å². The van der Waals surface area contributed by atoms with Crippen molar-refractivity contribution in [2.75, 3.05) is 4.72 Å². The summed E-state index contributed by atoms with van der Waals surface area (Å²) in [7, 11) is -3.76. The largest absolute Gasteiger partial charge is 0.328 e. The maximum absolute atomic E-state index is 12.9. The number of anilines is 1. The van der Waals surface area contributed by atoms with Crippen molar-refractivity contribution in [1.82, 2.24) is 18.3 Å². The molecule has 0 aliphatic heterocycles. The van der Waals surface area contributed by atoms with Crippen LogP contribution >= 0.6 is 11.7 Å². The molecule has 0 bridgehead atoms. The third-order valence-electron chi connectivity index (χ3n) is 5.56. The van der Waals surface area contributed by atoms with Gasteiger partial charge in [-0.3, -0.25) is 4.72 Å². The molecule has 33 heavy (non-hydrogen) atoms. The number of fused-ring (bicyclic) bond motifs is 2. The van der Waals surface area contributed by atoms with Crippen molar-refractivity contribution in [2.24, 2.45) is 0 Å². The third kappa shape index (κ3) is 4.34. The van der Waals surface area contributed by atoms with Crippen LogP contribution in [0.5, 0.6) is 0 Å². The van der Waals surface area contributed by atoms with Crippen LogP contribution in [0.15, 0.2) is 71.6 Å². The van der Waals surface area contributed by atoms with Crippen molar-refractivity contribution < 1.29 is 8.42 Å². The minimum absolute atomic E-state index is 0.132. The van der Waals surface area contributed by atoms with E-state index in [4.69, 9.17) is 4.98 Å². The summed E-state index contributed by atoms with van der Waals surface area (Å²) in [5.41, 5.74) is 4.80. The van der Waals surface area contributed by atoms with Crippen molar-refractivity contribution in [3.63, 3.8) is 0 Å². The fourth-order valence-corrected chi connectivity index (χ4v) is 5.82. The highest BCUT2D eigenvalue weighted by molar-refractivity contribution is 7.93. The monoisotopic (exact) mass is 477 g/mol. The second-order valence-electron chi connectivity index (χ2n) is 7.86. The lowest BCUT2D eigenvalue weighted by molar-refractivity contribution is 0.602. The maximum Gasteiger partial charge on any atom is 0.264 e. The zero-order valence-electron chi connectivity index (χ0n) is 18.1. The van der Waals surface area contributed by atoms with E-state index in [0.29, 0.717) is 16.7 Å². The van der Waals surface area contributed by atoms with Gasteiger partial charge in [0.05, 0.1) is 22.8 Å². The van der Waals surface area contributed by atoms with E-state index in [-0.39, 0.29) is 4.90 Å². The van der Waals surface area contributed by atoms with Gasteiger partial charge in [-0.25, -0.2) is 13.4 Å². The Hall–Kier alpha value is -3.30. The summed E-state index contributed by atoms with van der Waals surface area (Å²) in [6.07, 6.45) is 2.69. The number of hydrogen-bond acceptors (Lipinski definition) is 6. The van der Waals surface area contributed by atoms with Crippen molar-refractivity contribution in [1.29, 1.82) is 0 Å². The second kappa shape index (κ2) is 8.92. The van der Waals surface area contributed by atoms with E-state index in [1.807, 2.05) is 30.3 Å². The normalized spacial score (nSPS) is 11.9. The van der Waals surface area contributed by atoms with Crippen LogP contribution in [0.3, 0.4) is 0 Å². The molecule has 7 nitrogen and oxygen atoms in total. The Morgan fingerprint density at radius 3 is 2.52 bits per heavy atom. The molecule has 0 atom stereocenters. The summed E-state index contributed by atoms with van der Waals surface area (Å²) >= 11 is 1.00. The average molecular weight is 478 g/mol. The SMILES string of the molecule is CCCn1c(CCc2ccc(NS(=O)(=O)c3cccc4nsnc34)cc2)nc2ccccc21. The van der Waals surface area contributed by atoms with Crippen LogP contribution in [0.1, 0.15) is 24.7 Å². The Balaban J connectivity index is 1.31. The van der Waals surface area contributed by atoms with Gasteiger partial charge in [0.25, 0.3) is 10.0 Å². The predicted octanol–water partition coefficient (Wildman–Crippen LogP) is 5.04. The number of rotatable bonds is 8. The smallest absolute Gasteiger partial charge is 0.264 e. The molecule has 0 fully saturated rings. The van der Waals surface area contributed by atoms with Crippen molar-refractivity contribution in [3.8, 4) is 0 Å². The van der Waals surface area contributed by atoms with Crippen LogP contribution < -0.4 is 4.72 Å². The molecule has 5 rings (SSSR count). The summed E-state index contributed by atoms with van der Waals surface area (Å²) in [5, 5.41) is 0. The molecule has 3 aromatic carbocycles. The average Bonchev–Trinajstić information content (AvgIpc) is 3.43. The van der Waals surface area contributed by atoms with Gasteiger partial charge in [0.1, 0.15) is 21.8 Å². The van der Waals surface area contributed by atoms with E-state index >= 15 is 0 Å². The summed E-state index contributed by atoms with van der Waals surface area (Å²) in [5.74, 6) is 1.08. The van der Waals surface area contributed by atoms with E-state index in [2.05, 4.69) is 31.0 Å². The first-order valence-electron chi connectivity index (χ1n) is 10.8. The molecular weight excluding hydrogens is 454 g/mol. The highest BCUT2D eigenvalue weighted by atomic mass is 32.2. The summed E-state index contributed by atoms with van der Waals surface area (Å²) < 4.78 is 39.0. The Bertz CT molecular complexity index is 1520. The molecule has 0 unspecified atom stereocenters. The molecule has 0 amide bonds. The molecule has 0 aliphatic carbocycles. The van der Waals surface area contributed by atoms with Crippen LogP contribution in [-0.2, 0) is 29.4 Å². The summed E-state index contributed by atoms with van der Waals surface area (Å²) in [4.78, 5) is 4.96. The Morgan fingerprint density at radius 2 is 1.70 bits per heavy atom. The van der Waals surface area contributed by atoms with E-state index in [9.17, 15) is 8.42 Å². The predicted molar refractivity (Wildman–Crippen MR) is 132 cm³/mol. The van der Waals surface area contributed by atoms with Gasteiger partial charge in [-0.05, 0) is 54.8 Å². The number of sulfonamides is 1. The summed E-state index contributed by atoms with van der Waals surface area (Å²) in [6, 6.07) is 20.7. The van der Waals surface area contributed by atoms with Crippen molar-refractivity contribution >= 4 is 49.5 Å². The molecule has 168 valence electrons. The number of aromatic nitrogens is 4. The molecule has 5 aromatic rings. The van der Waals surface area contributed by atoms with Gasteiger partial charge in [0.2, 0.25) is 0 Å². The van der Waals surface area contributed by atoms with Gasteiger partial charge in [-0.1, -0.05) is 37.3 Å². The first-order chi connectivity index (χ1) is 16.0. The van der Waals surface area contributed by atoms with Crippen molar-refractivity contribution in [3.05, 3.63) is 78.1 Å². The van der Waals surface area contributed by atoms with Crippen LogP contribution in [0.4, 0.5) is 5.69 Å². The zero-order valence-corrected chi connectivity index (χ0v) is 19.7. The number of para-hydroxylation sites is 2. The van der Waals surface area contributed by atoms with E-state index in [0.717, 1.165) is 54.4 Å². The van der Waals surface area contributed by atoms with Gasteiger partial charge in [0, 0.05) is 18.7 Å². The number of nitrogens with zero attached hydrogens (tertiary/aromatic N) is 4. The van der Waals surface area contributed by atoms with Crippen LogP contribution in [0.2, 0.25) is 0 Å². The summed E-state index contributed by atoms with van der Waals surface area (Å²) in [6.45, 7) is 3.11. The molecule has 0 aliphatic rings. The first-order valence-corrected chi connectivity index (χ1v) is 13.0. The maximum atomic E-state index is 12.9. The number of hydrogen-bond donors (Lipinski definition) is 1. The molecule has 2 heterocycles. The fraction of sp³-hybridized carbons (Fsp3) is 0.208. The van der Waals surface area contributed by atoms with Crippen LogP contribution in [0, 0.1) is 0 Å².